The van der Waals surface area contributed by atoms with E-state index in [1.165, 1.54) is 4.90 Å². The Hall–Kier alpha value is -2.92. The van der Waals surface area contributed by atoms with Gasteiger partial charge in [0, 0.05) is 19.7 Å². The predicted octanol–water partition coefficient (Wildman–Crippen LogP) is 2.98. The Morgan fingerprint density at radius 3 is 2.41 bits per heavy atom. The van der Waals surface area contributed by atoms with Gasteiger partial charge in [-0.2, -0.15) is 0 Å². The van der Waals surface area contributed by atoms with E-state index in [1.54, 1.807) is 0 Å². The molecule has 0 saturated carbocycles. The van der Waals surface area contributed by atoms with Crippen LogP contribution in [0.1, 0.15) is 29.5 Å². The molecule has 1 fully saturated rings. The van der Waals surface area contributed by atoms with Crippen LogP contribution in [0.2, 0.25) is 0 Å². The normalized spacial score (nSPS) is 20.0. The van der Waals surface area contributed by atoms with E-state index in [-0.39, 0.29) is 30.9 Å². The number of aliphatic hydroxyl groups excluding tert-OH is 1. The highest BCUT2D eigenvalue weighted by Gasteiger charge is 2.42. The summed E-state index contributed by atoms with van der Waals surface area (Å²) in [6, 6.07) is 17.3. The molecule has 0 aromatic heterocycles. The summed E-state index contributed by atoms with van der Waals surface area (Å²) in [4.78, 5) is 30.1. The third-order valence-electron chi connectivity index (χ3n) is 5.76. The van der Waals surface area contributed by atoms with Crippen LogP contribution in [-0.4, -0.2) is 46.4 Å². The molecule has 2 amide bonds. The Kier molecular flexibility index (Phi) is 5.49. The van der Waals surface area contributed by atoms with Crippen molar-refractivity contribution in [2.45, 2.75) is 26.3 Å². The first-order chi connectivity index (χ1) is 14.1. The smallest absolute Gasteiger partial charge is 0.278 e. The number of imide groups is 1. The molecule has 2 aliphatic rings. The van der Waals surface area contributed by atoms with Gasteiger partial charge in [0.2, 0.25) is 0 Å². The standard InChI is InChI=1S/C24H26N2O3/c1-17-9-11-20(12-10-17)21-22(25-13-5-8-19(14-25)16-27)24(29)26(23(21)28)15-18-6-3-2-4-7-18/h2-4,6-7,9-12,19,27H,5,8,13-16H2,1H3. The molecule has 0 spiro atoms. The molecule has 1 N–H and O–H groups in total. The molecular weight excluding hydrogens is 364 g/mol. The second kappa shape index (κ2) is 8.21. The highest BCUT2D eigenvalue weighted by Crippen LogP contribution is 2.34. The van der Waals surface area contributed by atoms with Gasteiger partial charge in [0.05, 0.1) is 12.1 Å². The average Bonchev–Trinajstić information content (AvgIpc) is 3.00. The third-order valence-corrected chi connectivity index (χ3v) is 5.76. The van der Waals surface area contributed by atoms with Crippen LogP contribution in [0.4, 0.5) is 0 Å². The summed E-state index contributed by atoms with van der Waals surface area (Å²) in [5, 5.41) is 9.62. The molecule has 0 radical (unpaired) electrons. The fraction of sp³-hybridized carbons (Fsp3) is 0.333. The first-order valence-corrected chi connectivity index (χ1v) is 10.2. The molecule has 2 aliphatic heterocycles. The molecular formula is C24H26N2O3. The van der Waals surface area contributed by atoms with E-state index in [9.17, 15) is 14.7 Å². The minimum absolute atomic E-state index is 0.0967. The zero-order valence-electron chi connectivity index (χ0n) is 16.7. The third kappa shape index (κ3) is 3.83. The highest BCUT2D eigenvalue weighted by atomic mass is 16.3. The van der Waals surface area contributed by atoms with Gasteiger partial charge in [-0.15, -0.1) is 0 Å². The van der Waals surface area contributed by atoms with Gasteiger partial charge >= 0.3 is 0 Å². The quantitative estimate of drug-likeness (QED) is 0.798. The molecule has 1 saturated heterocycles. The monoisotopic (exact) mass is 390 g/mol. The molecule has 0 aliphatic carbocycles. The van der Waals surface area contributed by atoms with Gasteiger partial charge in [-0.25, -0.2) is 0 Å². The van der Waals surface area contributed by atoms with Crippen LogP contribution < -0.4 is 0 Å². The molecule has 1 unspecified atom stereocenters. The van der Waals surface area contributed by atoms with E-state index in [0.29, 0.717) is 17.8 Å². The topological polar surface area (TPSA) is 60.9 Å². The zero-order valence-corrected chi connectivity index (χ0v) is 16.7. The summed E-state index contributed by atoms with van der Waals surface area (Å²) < 4.78 is 0. The lowest BCUT2D eigenvalue weighted by Crippen LogP contribution is -2.40. The zero-order chi connectivity index (χ0) is 20.4. The first-order valence-electron chi connectivity index (χ1n) is 10.2. The number of rotatable bonds is 5. The van der Waals surface area contributed by atoms with Crippen molar-refractivity contribution in [3.05, 3.63) is 77.0 Å². The van der Waals surface area contributed by atoms with Crippen LogP contribution in [0.15, 0.2) is 60.3 Å². The van der Waals surface area contributed by atoms with E-state index in [1.807, 2.05) is 66.4 Å². The number of benzene rings is 2. The Morgan fingerprint density at radius 1 is 1.00 bits per heavy atom. The minimum atomic E-state index is -0.246. The summed E-state index contributed by atoms with van der Waals surface area (Å²) in [6.07, 6.45) is 1.84. The molecule has 2 aromatic rings. The molecule has 4 rings (SSSR count). The maximum absolute atomic E-state index is 13.4. The molecule has 2 aromatic carbocycles. The number of nitrogens with zero attached hydrogens (tertiary/aromatic N) is 2. The molecule has 5 nitrogen and oxygen atoms in total. The Morgan fingerprint density at radius 2 is 1.72 bits per heavy atom. The maximum Gasteiger partial charge on any atom is 0.278 e. The summed E-state index contributed by atoms with van der Waals surface area (Å²) in [5.41, 5.74) is 3.75. The number of carbonyl (C=O) groups is 2. The van der Waals surface area contributed by atoms with Crippen molar-refractivity contribution in [2.24, 2.45) is 5.92 Å². The Balaban J connectivity index is 1.73. The fourth-order valence-electron chi connectivity index (χ4n) is 4.16. The van der Waals surface area contributed by atoms with Crippen LogP contribution in [0.5, 0.6) is 0 Å². The molecule has 5 heteroatoms. The van der Waals surface area contributed by atoms with E-state index >= 15 is 0 Å². The number of likely N-dealkylation sites (tertiary alicyclic amines) is 1. The van der Waals surface area contributed by atoms with Crippen LogP contribution in [0, 0.1) is 12.8 Å². The highest BCUT2D eigenvalue weighted by molar-refractivity contribution is 6.35. The molecule has 150 valence electrons. The van der Waals surface area contributed by atoms with Crippen LogP contribution in [0.3, 0.4) is 0 Å². The summed E-state index contributed by atoms with van der Waals surface area (Å²) in [7, 11) is 0. The van der Waals surface area contributed by atoms with E-state index < -0.39 is 0 Å². The Bertz CT molecular complexity index is 934. The summed E-state index contributed by atoms with van der Waals surface area (Å²) >= 11 is 0. The van der Waals surface area contributed by atoms with Crippen molar-refractivity contribution in [1.29, 1.82) is 0 Å². The number of amides is 2. The summed E-state index contributed by atoms with van der Waals surface area (Å²) in [6.45, 7) is 3.67. The predicted molar refractivity (Wildman–Crippen MR) is 111 cm³/mol. The number of carbonyl (C=O) groups excluding carboxylic acids is 2. The number of hydrogen-bond acceptors (Lipinski definition) is 4. The van der Waals surface area contributed by atoms with Crippen molar-refractivity contribution < 1.29 is 14.7 Å². The van der Waals surface area contributed by atoms with Crippen LogP contribution in [-0.2, 0) is 16.1 Å². The number of aryl methyl sites for hydroxylation is 1. The van der Waals surface area contributed by atoms with Crippen molar-refractivity contribution in [3.8, 4) is 0 Å². The van der Waals surface area contributed by atoms with E-state index in [0.717, 1.165) is 36.1 Å². The second-order valence-electron chi connectivity index (χ2n) is 7.91. The van der Waals surface area contributed by atoms with Crippen molar-refractivity contribution in [2.75, 3.05) is 19.7 Å². The molecule has 0 bridgehead atoms. The molecule has 29 heavy (non-hydrogen) atoms. The SMILES string of the molecule is Cc1ccc(C2=C(N3CCCC(CO)C3)C(=O)N(Cc3ccccc3)C2=O)cc1. The lowest BCUT2D eigenvalue weighted by Gasteiger charge is -2.34. The van der Waals surface area contributed by atoms with E-state index in [4.69, 9.17) is 0 Å². The first kappa shape index (κ1) is 19.4. The van der Waals surface area contributed by atoms with Gasteiger partial charge in [0.25, 0.3) is 11.8 Å². The number of piperidine rings is 1. The molecule has 1 atom stereocenters. The average molecular weight is 390 g/mol. The van der Waals surface area contributed by atoms with Gasteiger partial charge in [-0.05, 0) is 36.8 Å². The fourth-order valence-corrected chi connectivity index (χ4v) is 4.16. The molecule has 2 heterocycles. The van der Waals surface area contributed by atoms with Crippen molar-refractivity contribution in [1.82, 2.24) is 9.80 Å². The minimum Gasteiger partial charge on any atom is -0.396 e. The van der Waals surface area contributed by atoms with Gasteiger partial charge in [-0.1, -0.05) is 60.2 Å². The number of hydrogen-bond donors (Lipinski definition) is 1. The van der Waals surface area contributed by atoms with Crippen molar-refractivity contribution in [3.63, 3.8) is 0 Å². The maximum atomic E-state index is 13.4. The van der Waals surface area contributed by atoms with Gasteiger partial charge < -0.3 is 10.0 Å². The van der Waals surface area contributed by atoms with Gasteiger partial charge in [0.15, 0.2) is 0 Å². The largest absolute Gasteiger partial charge is 0.396 e. The van der Waals surface area contributed by atoms with E-state index in [2.05, 4.69) is 0 Å². The van der Waals surface area contributed by atoms with Crippen LogP contribution >= 0.6 is 0 Å². The lowest BCUT2D eigenvalue weighted by atomic mass is 9.96. The number of aliphatic hydroxyl groups is 1. The second-order valence-corrected chi connectivity index (χ2v) is 7.91. The van der Waals surface area contributed by atoms with Gasteiger partial charge in [-0.3, -0.25) is 14.5 Å². The van der Waals surface area contributed by atoms with Gasteiger partial charge in [0.1, 0.15) is 5.70 Å². The Labute approximate surface area is 171 Å². The lowest BCUT2D eigenvalue weighted by molar-refractivity contribution is -0.138. The summed E-state index contributed by atoms with van der Waals surface area (Å²) in [5.74, 6) is -0.363. The van der Waals surface area contributed by atoms with Crippen LogP contribution in [0.25, 0.3) is 5.57 Å². The van der Waals surface area contributed by atoms with Crippen molar-refractivity contribution >= 4 is 17.4 Å².